The number of benzene rings is 1. The van der Waals surface area contributed by atoms with Crippen molar-refractivity contribution in [3.8, 4) is 0 Å². The highest BCUT2D eigenvalue weighted by Gasteiger charge is 2.36. The third kappa shape index (κ3) is 7.34. The van der Waals surface area contributed by atoms with Crippen LogP contribution in [0, 0.1) is 5.92 Å². The van der Waals surface area contributed by atoms with E-state index in [4.69, 9.17) is 5.73 Å². The molecule has 2 N–H and O–H groups in total. The van der Waals surface area contributed by atoms with Gasteiger partial charge in [-0.3, -0.25) is 4.79 Å². The molecule has 0 fully saturated rings. The van der Waals surface area contributed by atoms with Crippen LogP contribution in [-0.2, 0) is 16.0 Å². The molecule has 0 aromatic heterocycles. The fourth-order valence-corrected chi connectivity index (χ4v) is 2.03. The average Bonchev–Trinajstić information content (AvgIpc) is 2.37. The van der Waals surface area contributed by atoms with Gasteiger partial charge in [-0.05, 0) is 18.4 Å². The number of halogens is 4. The lowest BCUT2D eigenvalue weighted by molar-refractivity contribution is -0.154. The van der Waals surface area contributed by atoms with E-state index >= 15 is 0 Å². The van der Waals surface area contributed by atoms with Gasteiger partial charge in [-0.2, -0.15) is 13.2 Å². The molecular formula is C14H19ClF3NO2. The SMILES string of the molecule is COC(=O)C(CCc1ccccc1)C(N)CC(F)(F)F.Cl. The number of aryl methyl sites for hydroxylation is 1. The highest BCUT2D eigenvalue weighted by molar-refractivity contribution is 5.85. The molecule has 0 saturated heterocycles. The van der Waals surface area contributed by atoms with Crippen LogP contribution in [0.15, 0.2) is 30.3 Å². The molecule has 0 aliphatic carbocycles. The molecule has 2 unspecified atom stereocenters. The summed E-state index contributed by atoms with van der Waals surface area (Å²) >= 11 is 0. The normalized spacial score (nSPS) is 14.0. The van der Waals surface area contributed by atoms with Crippen LogP contribution in [0.5, 0.6) is 0 Å². The molecule has 0 saturated carbocycles. The quantitative estimate of drug-likeness (QED) is 0.818. The zero-order valence-corrected chi connectivity index (χ0v) is 12.4. The van der Waals surface area contributed by atoms with Gasteiger partial charge < -0.3 is 10.5 Å². The Bertz CT molecular complexity index is 426. The summed E-state index contributed by atoms with van der Waals surface area (Å²) in [6, 6.07) is 7.92. The summed E-state index contributed by atoms with van der Waals surface area (Å²) in [4.78, 5) is 11.6. The maximum Gasteiger partial charge on any atom is 0.390 e. The molecular weight excluding hydrogens is 307 g/mol. The maximum atomic E-state index is 12.4. The summed E-state index contributed by atoms with van der Waals surface area (Å²) in [5.74, 6) is -1.65. The van der Waals surface area contributed by atoms with Crippen molar-refractivity contribution < 1.29 is 22.7 Å². The van der Waals surface area contributed by atoms with Crippen molar-refractivity contribution in [3.63, 3.8) is 0 Å². The molecule has 21 heavy (non-hydrogen) atoms. The van der Waals surface area contributed by atoms with E-state index in [0.29, 0.717) is 6.42 Å². The number of nitrogens with two attached hydrogens (primary N) is 1. The third-order valence-corrected chi connectivity index (χ3v) is 3.07. The van der Waals surface area contributed by atoms with Gasteiger partial charge in [-0.15, -0.1) is 12.4 Å². The topological polar surface area (TPSA) is 52.3 Å². The van der Waals surface area contributed by atoms with Crippen LogP contribution in [0.1, 0.15) is 18.4 Å². The summed E-state index contributed by atoms with van der Waals surface area (Å²) in [7, 11) is 1.15. The molecule has 120 valence electrons. The third-order valence-electron chi connectivity index (χ3n) is 3.07. The Morgan fingerprint density at radius 3 is 2.33 bits per heavy atom. The van der Waals surface area contributed by atoms with Crippen LogP contribution in [-0.4, -0.2) is 25.3 Å². The molecule has 0 aliphatic rings. The number of alkyl halides is 3. The second kappa shape index (κ2) is 8.89. The number of rotatable bonds is 6. The fraction of sp³-hybridized carbons (Fsp3) is 0.500. The van der Waals surface area contributed by atoms with Crippen LogP contribution >= 0.6 is 12.4 Å². The van der Waals surface area contributed by atoms with E-state index in [1.807, 2.05) is 30.3 Å². The number of hydrogen-bond acceptors (Lipinski definition) is 3. The van der Waals surface area contributed by atoms with E-state index in [-0.39, 0.29) is 18.8 Å². The Kier molecular flexibility index (Phi) is 8.36. The van der Waals surface area contributed by atoms with Crippen molar-refractivity contribution in [3.05, 3.63) is 35.9 Å². The second-order valence-corrected chi connectivity index (χ2v) is 4.64. The van der Waals surface area contributed by atoms with E-state index in [2.05, 4.69) is 4.74 Å². The Morgan fingerprint density at radius 1 is 1.29 bits per heavy atom. The smallest absolute Gasteiger partial charge is 0.390 e. The van der Waals surface area contributed by atoms with Gasteiger partial charge in [-0.25, -0.2) is 0 Å². The van der Waals surface area contributed by atoms with Gasteiger partial charge in [0.15, 0.2) is 0 Å². The first-order valence-corrected chi connectivity index (χ1v) is 6.27. The van der Waals surface area contributed by atoms with Gasteiger partial charge in [-0.1, -0.05) is 30.3 Å². The first kappa shape index (κ1) is 19.7. The minimum absolute atomic E-state index is 0. The minimum atomic E-state index is -4.39. The average molecular weight is 326 g/mol. The van der Waals surface area contributed by atoms with Gasteiger partial charge in [0, 0.05) is 6.04 Å². The molecule has 0 bridgehead atoms. The number of esters is 1. The van der Waals surface area contributed by atoms with Gasteiger partial charge in [0.05, 0.1) is 19.4 Å². The Morgan fingerprint density at radius 2 is 1.86 bits per heavy atom. The summed E-state index contributed by atoms with van der Waals surface area (Å²) < 4.78 is 41.6. The molecule has 0 spiro atoms. The fourth-order valence-electron chi connectivity index (χ4n) is 2.03. The monoisotopic (exact) mass is 325 g/mol. The lowest BCUT2D eigenvalue weighted by Gasteiger charge is -2.22. The van der Waals surface area contributed by atoms with Gasteiger partial charge in [0.2, 0.25) is 0 Å². The highest BCUT2D eigenvalue weighted by atomic mass is 35.5. The van der Waals surface area contributed by atoms with Crippen molar-refractivity contribution in [2.24, 2.45) is 11.7 Å². The zero-order chi connectivity index (χ0) is 15.2. The van der Waals surface area contributed by atoms with Crippen molar-refractivity contribution in [2.45, 2.75) is 31.5 Å². The summed E-state index contributed by atoms with van der Waals surface area (Å²) in [6.07, 6.45) is -4.87. The molecule has 0 heterocycles. The number of carbonyl (C=O) groups is 1. The second-order valence-electron chi connectivity index (χ2n) is 4.64. The Labute approximate surface area is 128 Å². The van der Waals surface area contributed by atoms with E-state index in [0.717, 1.165) is 12.7 Å². The molecule has 2 atom stereocenters. The molecule has 1 aromatic rings. The molecule has 3 nitrogen and oxygen atoms in total. The minimum Gasteiger partial charge on any atom is -0.469 e. The number of hydrogen-bond donors (Lipinski definition) is 1. The maximum absolute atomic E-state index is 12.4. The van der Waals surface area contributed by atoms with Crippen LogP contribution in [0.25, 0.3) is 0 Å². The molecule has 0 aliphatic heterocycles. The van der Waals surface area contributed by atoms with Gasteiger partial charge >= 0.3 is 12.1 Å². The summed E-state index contributed by atoms with van der Waals surface area (Å²) in [5.41, 5.74) is 6.47. The van der Waals surface area contributed by atoms with Crippen molar-refractivity contribution in [2.75, 3.05) is 7.11 Å². The van der Waals surface area contributed by atoms with Crippen molar-refractivity contribution >= 4 is 18.4 Å². The van der Waals surface area contributed by atoms with Gasteiger partial charge in [0.1, 0.15) is 0 Å². The number of ether oxygens (including phenoxy) is 1. The predicted molar refractivity (Wildman–Crippen MR) is 76.2 cm³/mol. The van der Waals surface area contributed by atoms with E-state index in [1.165, 1.54) is 0 Å². The lowest BCUT2D eigenvalue weighted by atomic mass is 9.91. The first-order valence-electron chi connectivity index (χ1n) is 6.27. The number of methoxy groups -OCH3 is 1. The van der Waals surface area contributed by atoms with E-state index in [9.17, 15) is 18.0 Å². The Hall–Kier alpha value is -1.27. The molecule has 0 radical (unpaired) electrons. The van der Waals surface area contributed by atoms with Crippen LogP contribution in [0.3, 0.4) is 0 Å². The lowest BCUT2D eigenvalue weighted by Crippen LogP contribution is -2.40. The van der Waals surface area contributed by atoms with Crippen molar-refractivity contribution in [1.29, 1.82) is 0 Å². The van der Waals surface area contributed by atoms with Crippen molar-refractivity contribution in [1.82, 2.24) is 0 Å². The summed E-state index contributed by atoms with van der Waals surface area (Å²) in [5, 5.41) is 0. The van der Waals surface area contributed by atoms with E-state index < -0.39 is 30.5 Å². The first-order chi connectivity index (χ1) is 9.33. The highest BCUT2D eigenvalue weighted by Crippen LogP contribution is 2.26. The molecule has 7 heteroatoms. The largest absolute Gasteiger partial charge is 0.469 e. The van der Waals surface area contributed by atoms with Crippen LogP contribution in [0.4, 0.5) is 13.2 Å². The van der Waals surface area contributed by atoms with E-state index in [1.54, 1.807) is 0 Å². The zero-order valence-electron chi connectivity index (χ0n) is 11.6. The molecule has 0 amide bonds. The molecule has 1 rings (SSSR count). The summed E-state index contributed by atoms with van der Waals surface area (Å²) in [6.45, 7) is 0. The van der Waals surface area contributed by atoms with Gasteiger partial charge in [0.25, 0.3) is 0 Å². The predicted octanol–water partition coefficient (Wildman–Crippen LogP) is 3.11. The van der Waals surface area contributed by atoms with Crippen LogP contribution in [0.2, 0.25) is 0 Å². The molecule has 1 aromatic carbocycles. The Balaban J connectivity index is 0.00000400. The van der Waals surface area contributed by atoms with Crippen LogP contribution < -0.4 is 5.73 Å². The number of carbonyl (C=O) groups excluding carboxylic acids is 1. The standard InChI is InChI=1S/C14H18F3NO2.ClH/c1-20-13(19)11(12(18)9-14(15,16)17)8-7-10-5-3-2-4-6-10;/h2-6,11-12H,7-9,18H2,1H3;1H.